The SMILES string of the molecule is Cc1ccc(C)c(N2CC=C[C@]34S[C@H]5C=CCOC(=O)[C@H]5[C@H]3C(=O)N([C@H](C)CO)C4C2=O)c1. The maximum atomic E-state index is 14.2. The predicted molar refractivity (Wildman–Crippen MR) is 126 cm³/mol. The topological polar surface area (TPSA) is 87.2 Å². The Kier molecular flexibility index (Phi) is 5.40. The largest absolute Gasteiger partial charge is 0.461 e. The van der Waals surface area contributed by atoms with Crippen molar-refractivity contribution in [3.05, 3.63) is 53.6 Å². The summed E-state index contributed by atoms with van der Waals surface area (Å²) in [6.45, 7) is 5.98. The third kappa shape index (κ3) is 3.18. The van der Waals surface area contributed by atoms with E-state index < -0.39 is 34.6 Å². The first kappa shape index (κ1) is 22.2. The molecule has 2 fully saturated rings. The van der Waals surface area contributed by atoms with Gasteiger partial charge in [-0.25, -0.2) is 0 Å². The van der Waals surface area contributed by atoms with E-state index in [9.17, 15) is 19.5 Å². The number of cyclic esters (lactones) is 1. The highest BCUT2D eigenvalue weighted by Gasteiger charge is 2.71. The van der Waals surface area contributed by atoms with Gasteiger partial charge in [0.2, 0.25) is 5.91 Å². The first-order chi connectivity index (χ1) is 15.8. The number of ether oxygens (including phenoxy) is 1. The van der Waals surface area contributed by atoms with Crippen LogP contribution in [0.3, 0.4) is 0 Å². The van der Waals surface area contributed by atoms with Gasteiger partial charge < -0.3 is 19.6 Å². The second-order valence-corrected chi connectivity index (χ2v) is 10.8. The Labute approximate surface area is 197 Å². The summed E-state index contributed by atoms with van der Waals surface area (Å²) in [6, 6.07) is 4.60. The number of nitrogens with zero attached hydrogens (tertiary/aromatic N) is 2. The Hall–Kier alpha value is -2.58. The number of aliphatic hydroxyl groups excluding tert-OH is 1. The maximum Gasteiger partial charge on any atom is 0.311 e. The van der Waals surface area contributed by atoms with Crippen molar-refractivity contribution in [1.82, 2.24) is 4.90 Å². The van der Waals surface area contributed by atoms with Crippen LogP contribution in [0, 0.1) is 25.7 Å². The fourth-order valence-corrected chi connectivity index (χ4v) is 7.69. The zero-order valence-corrected chi connectivity index (χ0v) is 19.7. The number of amides is 2. The standard InChI is InChI=1S/C25H28N2O5S/c1-14-7-8-15(2)17(12-14)26-10-5-9-25-20(19-18(33-25)6-4-11-32-24(19)31)22(29)27(16(3)13-28)21(25)23(26)30/h4-9,12,16,18-21,28H,10-11,13H2,1-3H3/t16-,18+,19-,20+,21?,25+/m1/s1. The molecule has 5 rings (SSSR count). The molecule has 1 N–H and O–H groups in total. The van der Waals surface area contributed by atoms with Crippen LogP contribution < -0.4 is 4.90 Å². The highest BCUT2D eigenvalue weighted by molar-refractivity contribution is 8.02. The van der Waals surface area contributed by atoms with Crippen LogP contribution in [0.4, 0.5) is 5.69 Å². The van der Waals surface area contributed by atoms with Gasteiger partial charge in [-0.05, 0) is 38.0 Å². The van der Waals surface area contributed by atoms with E-state index in [0.29, 0.717) is 6.54 Å². The molecule has 174 valence electrons. The van der Waals surface area contributed by atoms with Crippen LogP contribution in [-0.4, -0.2) is 69.6 Å². The van der Waals surface area contributed by atoms with Gasteiger partial charge in [0.25, 0.3) is 5.91 Å². The van der Waals surface area contributed by atoms with Crippen molar-refractivity contribution in [2.24, 2.45) is 11.8 Å². The lowest BCUT2D eigenvalue weighted by Crippen LogP contribution is -2.56. The average Bonchev–Trinajstić information content (AvgIpc) is 3.10. The van der Waals surface area contributed by atoms with Crippen molar-refractivity contribution in [3.8, 4) is 0 Å². The summed E-state index contributed by atoms with van der Waals surface area (Å²) < 4.78 is 4.47. The number of fused-ring (bicyclic) bond motifs is 2. The summed E-state index contributed by atoms with van der Waals surface area (Å²) in [6.07, 6.45) is 7.66. The number of likely N-dealkylation sites (tertiary alicyclic amines) is 1. The lowest BCUT2D eigenvalue weighted by Gasteiger charge is -2.37. The number of benzene rings is 1. The third-order valence-corrected chi connectivity index (χ3v) is 8.99. The predicted octanol–water partition coefficient (Wildman–Crippen LogP) is 2.00. The Morgan fingerprint density at radius 3 is 2.76 bits per heavy atom. The number of hydrogen-bond donors (Lipinski definition) is 1. The molecule has 8 heteroatoms. The molecule has 33 heavy (non-hydrogen) atoms. The van der Waals surface area contributed by atoms with E-state index in [0.717, 1.165) is 16.8 Å². The van der Waals surface area contributed by atoms with Gasteiger partial charge in [0.1, 0.15) is 12.6 Å². The summed E-state index contributed by atoms with van der Waals surface area (Å²) in [4.78, 5) is 44.2. The van der Waals surface area contributed by atoms with Gasteiger partial charge in [-0.15, -0.1) is 11.8 Å². The summed E-state index contributed by atoms with van der Waals surface area (Å²) in [5.41, 5.74) is 2.82. The summed E-state index contributed by atoms with van der Waals surface area (Å²) in [5.74, 6) is -2.24. The van der Waals surface area contributed by atoms with Crippen molar-refractivity contribution in [2.45, 2.75) is 42.9 Å². The molecule has 4 aliphatic rings. The smallest absolute Gasteiger partial charge is 0.311 e. The number of thioether (sulfide) groups is 1. The van der Waals surface area contributed by atoms with E-state index in [1.807, 2.05) is 56.4 Å². The monoisotopic (exact) mass is 468 g/mol. The first-order valence-electron chi connectivity index (χ1n) is 11.3. The van der Waals surface area contributed by atoms with Gasteiger partial charge in [-0.2, -0.15) is 0 Å². The minimum absolute atomic E-state index is 0.189. The normalized spacial score (nSPS) is 33.9. The van der Waals surface area contributed by atoms with Gasteiger partial charge in [0, 0.05) is 17.5 Å². The minimum Gasteiger partial charge on any atom is -0.461 e. The number of rotatable bonds is 3. The fourth-order valence-electron chi connectivity index (χ4n) is 5.70. The molecule has 2 saturated heterocycles. The molecule has 4 heterocycles. The molecule has 1 unspecified atom stereocenters. The highest BCUT2D eigenvalue weighted by Crippen LogP contribution is 2.61. The molecule has 6 atom stereocenters. The second kappa shape index (κ2) is 8.02. The third-order valence-electron chi connectivity index (χ3n) is 7.25. The number of carbonyl (C=O) groups is 3. The minimum atomic E-state index is -0.903. The Morgan fingerprint density at radius 1 is 1.21 bits per heavy atom. The number of anilines is 1. The first-order valence-corrected chi connectivity index (χ1v) is 12.2. The van der Waals surface area contributed by atoms with E-state index in [-0.39, 0.29) is 30.3 Å². The zero-order chi connectivity index (χ0) is 23.5. The average molecular weight is 469 g/mol. The molecule has 0 aliphatic carbocycles. The van der Waals surface area contributed by atoms with E-state index >= 15 is 0 Å². The Morgan fingerprint density at radius 2 is 2.00 bits per heavy atom. The maximum absolute atomic E-state index is 14.2. The zero-order valence-electron chi connectivity index (χ0n) is 18.9. The lowest BCUT2D eigenvalue weighted by molar-refractivity contribution is -0.152. The van der Waals surface area contributed by atoms with Gasteiger partial charge in [0.15, 0.2) is 0 Å². The van der Waals surface area contributed by atoms with Gasteiger partial charge in [-0.1, -0.05) is 36.4 Å². The fraction of sp³-hybridized carbons (Fsp3) is 0.480. The van der Waals surface area contributed by atoms with Crippen LogP contribution in [-0.2, 0) is 19.1 Å². The quantitative estimate of drug-likeness (QED) is 0.539. The van der Waals surface area contributed by atoms with Crippen molar-refractivity contribution in [2.75, 3.05) is 24.7 Å². The van der Waals surface area contributed by atoms with Crippen molar-refractivity contribution >= 4 is 35.2 Å². The molecule has 0 bridgehead atoms. The van der Waals surface area contributed by atoms with Crippen LogP contribution in [0.25, 0.3) is 0 Å². The molecule has 1 spiro atoms. The highest BCUT2D eigenvalue weighted by atomic mass is 32.2. The van der Waals surface area contributed by atoms with E-state index in [1.165, 1.54) is 16.7 Å². The van der Waals surface area contributed by atoms with Gasteiger partial charge >= 0.3 is 5.97 Å². The number of carbonyl (C=O) groups excluding carboxylic acids is 3. The molecule has 2 amide bonds. The van der Waals surface area contributed by atoms with Crippen LogP contribution in [0.15, 0.2) is 42.5 Å². The molecular formula is C25H28N2O5S. The molecule has 1 aromatic rings. The lowest BCUT2D eigenvalue weighted by atomic mass is 9.78. The molecular weight excluding hydrogens is 440 g/mol. The Bertz CT molecular complexity index is 1080. The van der Waals surface area contributed by atoms with Crippen LogP contribution in [0.2, 0.25) is 0 Å². The van der Waals surface area contributed by atoms with E-state index in [2.05, 4.69) is 0 Å². The molecule has 0 aromatic heterocycles. The van der Waals surface area contributed by atoms with E-state index in [4.69, 9.17) is 4.74 Å². The summed E-state index contributed by atoms with van der Waals surface area (Å²) in [5, 5.41) is 9.72. The molecule has 1 aromatic carbocycles. The number of aliphatic hydroxyl groups is 1. The van der Waals surface area contributed by atoms with Gasteiger partial charge in [-0.3, -0.25) is 14.4 Å². The van der Waals surface area contributed by atoms with Crippen LogP contribution >= 0.6 is 11.8 Å². The molecule has 0 radical (unpaired) electrons. The van der Waals surface area contributed by atoms with Crippen molar-refractivity contribution < 1.29 is 24.2 Å². The number of esters is 1. The number of hydrogen-bond acceptors (Lipinski definition) is 6. The van der Waals surface area contributed by atoms with Crippen LogP contribution in [0.5, 0.6) is 0 Å². The molecule has 0 saturated carbocycles. The molecule has 7 nitrogen and oxygen atoms in total. The van der Waals surface area contributed by atoms with Crippen LogP contribution in [0.1, 0.15) is 18.1 Å². The second-order valence-electron chi connectivity index (χ2n) is 9.32. The molecule has 4 aliphatic heterocycles. The Balaban J connectivity index is 1.66. The summed E-state index contributed by atoms with van der Waals surface area (Å²) in [7, 11) is 0. The van der Waals surface area contributed by atoms with Crippen molar-refractivity contribution in [1.29, 1.82) is 0 Å². The van der Waals surface area contributed by atoms with Crippen molar-refractivity contribution in [3.63, 3.8) is 0 Å². The number of aryl methyl sites for hydroxylation is 2. The van der Waals surface area contributed by atoms with Gasteiger partial charge in [0.05, 0.1) is 29.2 Å². The van der Waals surface area contributed by atoms with E-state index in [1.54, 1.807) is 11.8 Å². The summed E-state index contributed by atoms with van der Waals surface area (Å²) >= 11 is 1.50.